The second-order valence-electron chi connectivity index (χ2n) is 4.19. The zero-order chi connectivity index (χ0) is 8.65. The lowest BCUT2D eigenvalue weighted by Crippen LogP contribution is -2.17. The van der Waals surface area contributed by atoms with Gasteiger partial charge in [0.25, 0.3) is 0 Å². The van der Waals surface area contributed by atoms with Crippen molar-refractivity contribution in [2.24, 2.45) is 5.41 Å². The summed E-state index contributed by atoms with van der Waals surface area (Å²) in [7, 11) is 0. The third kappa shape index (κ3) is 1.37. The molecule has 1 nitrogen and oxygen atoms in total. The minimum Gasteiger partial charge on any atom is -0.294 e. The van der Waals surface area contributed by atoms with E-state index in [1.54, 1.807) is 0 Å². The van der Waals surface area contributed by atoms with Gasteiger partial charge in [-0.3, -0.25) is 4.79 Å². The minimum atomic E-state index is -0.0907. The van der Waals surface area contributed by atoms with Crippen LogP contribution >= 0.6 is 0 Å². The summed E-state index contributed by atoms with van der Waals surface area (Å²) in [5, 5.41) is 0. The topological polar surface area (TPSA) is 17.1 Å². The Morgan fingerprint density at radius 2 is 1.91 bits per heavy atom. The van der Waals surface area contributed by atoms with Crippen molar-refractivity contribution >= 4 is 5.78 Å². The predicted molar refractivity (Wildman–Crippen MR) is 46.4 cm³/mol. The molecule has 0 aromatic carbocycles. The number of hydrogen-bond acceptors (Lipinski definition) is 1. The molecule has 1 aliphatic carbocycles. The maximum Gasteiger partial charge on any atom is 0.164 e. The summed E-state index contributed by atoms with van der Waals surface area (Å²) in [5.74, 6) is 0.359. The molecular weight excluding hydrogens is 136 g/mol. The van der Waals surface area contributed by atoms with Gasteiger partial charge in [0, 0.05) is 5.41 Å². The maximum absolute atomic E-state index is 11.6. The molecule has 1 saturated carbocycles. The van der Waals surface area contributed by atoms with E-state index in [0.29, 0.717) is 5.78 Å². The summed E-state index contributed by atoms with van der Waals surface area (Å²) in [5.41, 5.74) is 2.17. The van der Waals surface area contributed by atoms with Crippen LogP contribution in [0.15, 0.2) is 11.1 Å². The van der Waals surface area contributed by atoms with Gasteiger partial charge in [0.1, 0.15) is 0 Å². The molecule has 0 amide bonds. The van der Waals surface area contributed by atoms with Gasteiger partial charge in [0.2, 0.25) is 0 Å². The van der Waals surface area contributed by atoms with Crippen LogP contribution in [0, 0.1) is 5.41 Å². The first kappa shape index (κ1) is 8.51. The Morgan fingerprint density at radius 1 is 1.36 bits per heavy atom. The summed E-state index contributed by atoms with van der Waals surface area (Å²) in [6, 6.07) is 0. The number of carbonyl (C=O) groups is 1. The van der Waals surface area contributed by atoms with Gasteiger partial charge in [-0.2, -0.15) is 0 Å². The Kier molecular flexibility index (Phi) is 1.91. The van der Waals surface area contributed by atoms with Gasteiger partial charge >= 0.3 is 0 Å². The summed E-state index contributed by atoms with van der Waals surface area (Å²) in [6.45, 7) is 8.11. The molecule has 0 spiro atoms. The first-order valence-corrected chi connectivity index (χ1v) is 4.16. The van der Waals surface area contributed by atoms with E-state index in [1.807, 2.05) is 27.7 Å². The molecule has 0 heterocycles. The highest BCUT2D eigenvalue weighted by Gasteiger charge is 2.36. The summed E-state index contributed by atoms with van der Waals surface area (Å²) in [4.78, 5) is 11.6. The van der Waals surface area contributed by atoms with E-state index in [-0.39, 0.29) is 5.41 Å². The maximum atomic E-state index is 11.6. The molecule has 0 bridgehead atoms. The van der Waals surface area contributed by atoms with Crippen molar-refractivity contribution in [1.29, 1.82) is 0 Å². The van der Waals surface area contributed by atoms with Crippen molar-refractivity contribution in [2.75, 3.05) is 0 Å². The van der Waals surface area contributed by atoms with Crippen LogP contribution in [0.1, 0.15) is 40.5 Å². The number of Topliss-reactive ketones (excluding diaryl/α,β-unsaturated/α-hetero) is 1. The van der Waals surface area contributed by atoms with E-state index in [0.717, 1.165) is 18.4 Å². The van der Waals surface area contributed by atoms with E-state index in [2.05, 4.69) is 0 Å². The fourth-order valence-corrected chi connectivity index (χ4v) is 1.55. The molecule has 11 heavy (non-hydrogen) atoms. The van der Waals surface area contributed by atoms with Crippen molar-refractivity contribution in [3.8, 4) is 0 Å². The van der Waals surface area contributed by atoms with Crippen LogP contribution in [0.3, 0.4) is 0 Å². The summed E-state index contributed by atoms with van der Waals surface area (Å²) >= 11 is 0. The lowest BCUT2D eigenvalue weighted by molar-refractivity contribution is -0.121. The highest BCUT2D eigenvalue weighted by Crippen LogP contribution is 2.38. The molecule has 0 unspecified atom stereocenters. The molecule has 1 heteroatoms. The van der Waals surface area contributed by atoms with E-state index >= 15 is 0 Å². The van der Waals surface area contributed by atoms with Crippen LogP contribution in [0.25, 0.3) is 0 Å². The lowest BCUT2D eigenvalue weighted by Gasteiger charge is -2.12. The smallest absolute Gasteiger partial charge is 0.164 e. The van der Waals surface area contributed by atoms with Crippen molar-refractivity contribution < 1.29 is 4.79 Å². The van der Waals surface area contributed by atoms with Crippen molar-refractivity contribution in [3.05, 3.63) is 11.1 Å². The van der Waals surface area contributed by atoms with Crippen LogP contribution in [0.2, 0.25) is 0 Å². The highest BCUT2D eigenvalue weighted by atomic mass is 16.1. The molecule has 0 aromatic heterocycles. The monoisotopic (exact) mass is 152 g/mol. The van der Waals surface area contributed by atoms with Gasteiger partial charge in [-0.1, -0.05) is 19.4 Å². The molecule has 1 aliphatic rings. The summed E-state index contributed by atoms with van der Waals surface area (Å²) < 4.78 is 0. The average molecular weight is 152 g/mol. The molecular formula is C10H16O. The van der Waals surface area contributed by atoms with Crippen molar-refractivity contribution in [1.82, 2.24) is 0 Å². The Morgan fingerprint density at radius 3 is 2.09 bits per heavy atom. The molecule has 1 rings (SSSR count). The predicted octanol–water partition coefficient (Wildman–Crippen LogP) is 2.71. The number of carbonyl (C=O) groups excluding carboxylic acids is 1. The first-order valence-electron chi connectivity index (χ1n) is 4.16. The fourth-order valence-electron chi connectivity index (χ4n) is 1.55. The normalized spacial score (nSPS) is 22.5. The third-order valence-electron chi connectivity index (χ3n) is 2.49. The largest absolute Gasteiger partial charge is 0.294 e. The molecule has 0 N–H and O–H groups in total. The van der Waals surface area contributed by atoms with E-state index in [4.69, 9.17) is 0 Å². The molecule has 0 saturated heterocycles. The van der Waals surface area contributed by atoms with E-state index in [9.17, 15) is 4.79 Å². The van der Waals surface area contributed by atoms with Gasteiger partial charge in [-0.25, -0.2) is 0 Å². The van der Waals surface area contributed by atoms with E-state index in [1.165, 1.54) is 5.57 Å². The number of ketones is 1. The Balaban J connectivity index is 2.98. The van der Waals surface area contributed by atoms with Crippen molar-refractivity contribution in [2.45, 2.75) is 40.5 Å². The molecule has 0 atom stereocenters. The zero-order valence-electron chi connectivity index (χ0n) is 7.82. The molecule has 1 fully saturated rings. The van der Waals surface area contributed by atoms with Crippen molar-refractivity contribution in [3.63, 3.8) is 0 Å². The van der Waals surface area contributed by atoms with E-state index < -0.39 is 0 Å². The van der Waals surface area contributed by atoms with Crippen LogP contribution in [0.4, 0.5) is 0 Å². The second kappa shape index (κ2) is 2.47. The van der Waals surface area contributed by atoms with Gasteiger partial charge < -0.3 is 0 Å². The van der Waals surface area contributed by atoms with Crippen LogP contribution in [-0.4, -0.2) is 5.78 Å². The lowest BCUT2D eigenvalue weighted by atomic mass is 9.90. The Labute approximate surface area is 68.5 Å². The van der Waals surface area contributed by atoms with Gasteiger partial charge in [-0.15, -0.1) is 0 Å². The van der Waals surface area contributed by atoms with Gasteiger partial charge in [-0.05, 0) is 32.3 Å². The van der Waals surface area contributed by atoms with Crippen LogP contribution in [0.5, 0.6) is 0 Å². The third-order valence-corrected chi connectivity index (χ3v) is 2.49. The second-order valence-corrected chi connectivity index (χ2v) is 4.19. The molecule has 0 aromatic rings. The SMILES string of the molecule is CC(C)=C1CCC(C)(C)C1=O. The number of rotatable bonds is 0. The summed E-state index contributed by atoms with van der Waals surface area (Å²) in [6.07, 6.45) is 2.00. The minimum absolute atomic E-state index is 0.0907. The Bertz CT molecular complexity index is 217. The first-order chi connectivity index (χ1) is 4.95. The number of hydrogen-bond donors (Lipinski definition) is 0. The number of allylic oxidation sites excluding steroid dienone is 2. The van der Waals surface area contributed by atoms with Crippen LogP contribution in [-0.2, 0) is 4.79 Å². The quantitative estimate of drug-likeness (QED) is 0.488. The molecule has 0 aliphatic heterocycles. The van der Waals surface area contributed by atoms with Gasteiger partial charge in [0.05, 0.1) is 0 Å². The molecule has 62 valence electrons. The van der Waals surface area contributed by atoms with Crippen LogP contribution < -0.4 is 0 Å². The Hall–Kier alpha value is -0.590. The highest BCUT2D eigenvalue weighted by molar-refractivity contribution is 6.02. The standard InChI is InChI=1S/C10H16O/c1-7(2)8-5-6-10(3,4)9(8)11/h5-6H2,1-4H3. The average Bonchev–Trinajstić information content (AvgIpc) is 2.09. The zero-order valence-corrected chi connectivity index (χ0v) is 7.82. The molecule has 0 radical (unpaired) electrons. The van der Waals surface area contributed by atoms with Gasteiger partial charge in [0.15, 0.2) is 5.78 Å². The fraction of sp³-hybridized carbons (Fsp3) is 0.700.